The molecule has 1 aliphatic carbocycles. The van der Waals surface area contributed by atoms with Gasteiger partial charge in [-0.05, 0) is 25.0 Å². The Morgan fingerprint density at radius 2 is 1.84 bits per heavy atom. The third kappa shape index (κ3) is 5.74. The molecular formula is C25H23CaFNO4+. The molecule has 7 heteroatoms. The van der Waals surface area contributed by atoms with E-state index in [4.69, 9.17) is 4.98 Å². The van der Waals surface area contributed by atoms with E-state index >= 15 is 0 Å². The van der Waals surface area contributed by atoms with E-state index in [1.54, 1.807) is 24.3 Å². The number of carbonyl (C=O) groups excluding carboxylic acids is 1. The van der Waals surface area contributed by atoms with Gasteiger partial charge in [-0.1, -0.05) is 48.6 Å². The number of rotatable bonds is 8. The number of pyridine rings is 1. The molecular weight excluding hydrogens is 437 g/mol. The summed E-state index contributed by atoms with van der Waals surface area (Å²) >= 11 is 0. The summed E-state index contributed by atoms with van der Waals surface area (Å²) in [6.07, 6.45) is 2.24. The number of carbonyl (C=O) groups is 1. The van der Waals surface area contributed by atoms with Gasteiger partial charge in [0.05, 0.1) is 23.4 Å². The molecule has 0 amide bonds. The smallest absolute Gasteiger partial charge is 0.550 e. The summed E-state index contributed by atoms with van der Waals surface area (Å²) in [6, 6.07) is 14.2. The van der Waals surface area contributed by atoms with Crippen molar-refractivity contribution >= 4 is 60.7 Å². The Balaban J connectivity index is 0.00000289. The number of carboxylic acid groups (broad SMARTS) is 1. The average molecular weight is 461 g/mol. The van der Waals surface area contributed by atoms with Gasteiger partial charge in [-0.15, -0.1) is 0 Å². The van der Waals surface area contributed by atoms with E-state index in [-0.39, 0.29) is 55.9 Å². The molecule has 0 aliphatic heterocycles. The first kappa shape index (κ1) is 24.8. The normalized spacial score (nSPS) is 15.5. The summed E-state index contributed by atoms with van der Waals surface area (Å²) in [5, 5.41) is 31.5. The van der Waals surface area contributed by atoms with E-state index < -0.39 is 24.6 Å². The van der Waals surface area contributed by atoms with E-state index in [1.165, 1.54) is 12.1 Å². The Labute approximate surface area is 215 Å². The number of carboxylic acids is 1. The van der Waals surface area contributed by atoms with Gasteiger partial charge in [-0.3, -0.25) is 4.98 Å². The van der Waals surface area contributed by atoms with Crippen LogP contribution in [0.4, 0.5) is 4.39 Å². The SMILES string of the molecule is O=C([O-])C[C@H](O)C[C@H](O)/C=C/c1c(C2CC2)nc2ccccc2c1-c1ccccc1F.[Ca+2]. The molecule has 0 radical (unpaired) electrons. The third-order valence-corrected chi connectivity index (χ3v) is 5.47. The van der Waals surface area contributed by atoms with Crippen molar-refractivity contribution in [3.63, 3.8) is 0 Å². The van der Waals surface area contributed by atoms with Gasteiger partial charge in [-0.2, -0.15) is 0 Å². The Kier molecular flexibility index (Phi) is 8.42. The number of hydrogen-bond acceptors (Lipinski definition) is 5. The van der Waals surface area contributed by atoms with Crippen molar-refractivity contribution in [2.24, 2.45) is 0 Å². The van der Waals surface area contributed by atoms with Crippen LogP contribution in [-0.2, 0) is 4.79 Å². The molecule has 5 nitrogen and oxygen atoms in total. The average Bonchev–Trinajstić information content (AvgIpc) is 3.56. The second-order valence-corrected chi connectivity index (χ2v) is 7.95. The first-order valence-electron chi connectivity index (χ1n) is 10.4. The van der Waals surface area contributed by atoms with Crippen LogP contribution in [0, 0.1) is 5.82 Å². The van der Waals surface area contributed by atoms with Crippen molar-refractivity contribution < 1.29 is 24.5 Å². The van der Waals surface area contributed by atoms with Crippen molar-refractivity contribution in [1.29, 1.82) is 0 Å². The van der Waals surface area contributed by atoms with E-state index in [0.717, 1.165) is 35.0 Å². The van der Waals surface area contributed by atoms with Gasteiger partial charge in [0, 0.05) is 46.8 Å². The van der Waals surface area contributed by atoms with Crippen LogP contribution in [0.3, 0.4) is 0 Å². The molecule has 2 aromatic carbocycles. The summed E-state index contributed by atoms with van der Waals surface area (Å²) in [4.78, 5) is 15.5. The van der Waals surface area contributed by atoms with Crippen molar-refractivity contribution in [1.82, 2.24) is 4.98 Å². The first-order chi connectivity index (χ1) is 14.9. The molecule has 1 heterocycles. The van der Waals surface area contributed by atoms with E-state index in [2.05, 4.69) is 0 Å². The number of hydrogen-bond donors (Lipinski definition) is 2. The van der Waals surface area contributed by atoms with Gasteiger partial charge in [0.25, 0.3) is 0 Å². The zero-order valence-corrected chi connectivity index (χ0v) is 19.8. The molecule has 1 aromatic heterocycles. The summed E-state index contributed by atoms with van der Waals surface area (Å²) in [5.41, 5.74) is 3.54. The van der Waals surface area contributed by atoms with Gasteiger partial charge in [0.1, 0.15) is 5.82 Å². The number of aliphatic carboxylic acids is 1. The number of fused-ring (bicyclic) bond motifs is 1. The molecule has 0 unspecified atom stereocenters. The predicted octanol–water partition coefficient (Wildman–Crippen LogP) is 2.80. The van der Waals surface area contributed by atoms with Gasteiger partial charge in [0.15, 0.2) is 0 Å². The molecule has 1 fully saturated rings. The molecule has 0 spiro atoms. The molecule has 0 bridgehead atoms. The minimum atomic E-state index is -1.37. The van der Waals surface area contributed by atoms with Crippen LogP contribution in [0.25, 0.3) is 28.1 Å². The number of benzene rings is 2. The number of halogens is 1. The third-order valence-electron chi connectivity index (χ3n) is 5.47. The Hall–Kier alpha value is -1.83. The van der Waals surface area contributed by atoms with Gasteiger partial charge in [-0.25, -0.2) is 4.39 Å². The number of aromatic nitrogens is 1. The number of aliphatic hydroxyl groups excluding tert-OH is 2. The standard InChI is InChI=1S/C25H24FNO4.Ca/c26-21-7-3-1-5-18(21)24-19-6-2-4-8-22(19)27-25(15-9-10-15)20(24)12-11-16(28)13-17(29)14-23(30)31;/h1-8,11-12,15-17,28-29H,9-10,13-14H2,(H,30,31);/q;+2/p-1/b12-11+;/t16-,17-;/m1./s1. The zero-order valence-electron chi connectivity index (χ0n) is 17.6. The maximum atomic E-state index is 14.8. The summed E-state index contributed by atoms with van der Waals surface area (Å²) in [7, 11) is 0. The van der Waals surface area contributed by atoms with E-state index in [1.807, 2.05) is 24.3 Å². The van der Waals surface area contributed by atoms with E-state index in [0.29, 0.717) is 11.1 Å². The van der Waals surface area contributed by atoms with Crippen LogP contribution in [0.1, 0.15) is 42.9 Å². The van der Waals surface area contributed by atoms with Crippen LogP contribution in [0.2, 0.25) is 0 Å². The van der Waals surface area contributed by atoms with Crippen LogP contribution in [0.15, 0.2) is 54.6 Å². The van der Waals surface area contributed by atoms with Crippen molar-refractivity contribution in [3.05, 3.63) is 71.7 Å². The number of nitrogens with zero attached hydrogens (tertiary/aromatic N) is 1. The van der Waals surface area contributed by atoms with Crippen LogP contribution in [0.5, 0.6) is 0 Å². The van der Waals surface area contributed by atoms with Crippen LogP contribution >= 0.6 is 0 Å². The maximum Gasteiger partial charge on any atom is 2.00 e. The first-order valence-corrected chi connectivity index (χ1v) is 10.4. The molecule has 2 atom stereocenters. The molecule has 4 rings (SSSR count). The van der Waals surface area contributed by atoms with Gasteiger partial charge in [0.2, 0.25) is 0 Å². The summed E-state index contributed by atoms with van der Waals surface area (Å²) < 4.78 is 14.8. The molecule has 3 aromatic rings. The monoisotopic (exact) mass is 460 g/mol. The van der Waals surface area contributed by atoms with Gasteiger partial charge < -0.3 is 20.1 Å². The van der Waals surface area contributed by atoms with E-state index in [9.17, 15) is 24.5 Å². The molecule has 160 valence electrons. The molecule has 2 N–H and O–H groups in total. The number of para-hydroxylation sites is 1. The zero-order chi connectivity index (χ0) is 22.0. The predicted molar refractivity (Wildman–Crippen MR) is 120 cm³/mol. The summed E-state index contributed by atoms with van der Waals surface area (Å²) in [5.74, 6) is -1.45. The van der Waals surface area contributed by atoms with Gasteiger partial charge >= 0.3 is 37.7 Å². The Morgan fingerprint density at radius 1 is 1.16 bits per heavy atom. The molecule has 1 saturated carbocycles. The fraction of sp³-hybridized carbons (Fsp3) is 0.280. The van der Waals surface area contributed by atoms with Crippen molar-refractivity contribution in [2.45, 2.75) is 43.8 Å². The Morgan fingerprint density at radius 3 is 2.53 bits per heavy atom. The second kappa shape index (κ2) is 10.9. The summed E-state index contributed by atoms with van der Waals surface area (Å²) in [6.45, 7) is 0. The van der Waals surface area contributed by atoms with Crippen LogP contribution in [-0.4, -0.2) is 71.1 Å². The minimum absolute atomic E-state index is 0. The van der Waals surface area contributed by atoms with Crippen molar-refractivity contribution in [2.75, 3.05) is 0 Å². The largest absolute Gasteiger partial charge is 2.00 e. The Bertz CT molecular complexity index is 1150. The molecule has 32 heavy (non-hydrogen) atoms. The second-order valence-electron chi connectivity index (χ2n) is 7.95. The van der Waals surface area contributed by atoms with Crippen LogP contribution < -0.4 is 5.11 Å². The minimum Gasteiger partial charge on any atom is -0.550 e. The van der Waals surface area contributed by atoms with Crippen molar-refractivity contribution in [3.8, 4) is 11.1 Å². The maximum absolute atomic E-state index is 14.8. The molecule has 0 saturated heterocycles. The fourth-order valence-corrected chi connectivity index (χ4v) is 3.88. The fourth-order valence-electron chi connectivity index (χ4n) is 3.88. The number of aliphatic hydroxyl groups is 2. The topological polar surface area (TPSA) is 93.5 Å². The molecule has 1 aliphatic rings. The quantitative estimate of drug-likeness (QED) is 0.504.